The van der Waals surface area contributed by atoms with Crippen molar-refractivity contribution in [1.29, 1.82) is 0 Å². The minimum Gasteiger partial charge on any atom is -0.363 e. The highest BCUT2D eigenvalue weighted by Gasteiger charge is 2.36. The maximum Gasteiger partial charge on any atom is 0.416 e. The van der Waals surface area contributed by atoms with Crippen molar-refractivity contribution in [3.63, 3.8) is 0 Å². The lowest BCUT2D eigenvalue weighted by molar-refractivity contribution is -0.137. The van der Waals surface area contributed by atoms with Gasteiger partial charge in [0.1, 0.15) is 5.82 Å². The average Bonchev–Trinajstić information content (AvgIpc) is 2.72. The number of aromatic nitrogens is 1. The molecule has 1 amide bonds. The van der Waals surface area contributed by atoms with Crippen molar-refractivity contribution < 1.29 is 26.4 Å². The molecule has 2 aromatic rings. The number of carbonyl (C=O) groups excluding carboxylic acids is 1. The van der Waals surface area contributed by atoms with Crippen LogP contribution in [0.15, 0.2) is 41.4 Å². The van der Waals surface area contributed by atoms with Gasteiger partial charge in [-0.3, -0.25) is 4.79 Å². The van der Waals surface area contributed by atoms with Crippen LogP contribution in [0, 0.1) is 6.92 Å². The Kier molecular flexibility index (Phi) is 6.52. The number of aryl methyl sites for hydroxylation is 1. The fourth-order valence-corrected chi connectivity index (χ4v) is 5.09. The van der Waals surface area contributed by atoms with E-state index in [1.807, 2.05) is 32.0 Å². The maximum atomic E-state index is 13.1. The summed E-state index contributed by atoms with van der Waals surface area (Å²) < 4.78 is 65.3. The Hall–Kier alpha value is -2.66. The molecule has 1 aliphatic rings. The Balaban J connectivity index is 1.75. The van der Waals surface area contributed by atoms with Crippen LogP contribution >= 0.6 is 0 Å². The summed E-state index contributed by atoms with van der Waals surface area (Å²) in [6.45, 7) is 3.80. The number of benzene rings is 1. The molecule has 1 aromatic heterocycles. The van der Waals surface area contributed by atoms with Crippen LogP contribution in [0.25, 0.3) is 0 Å². The number of sulfonamides is 1. The minimum atomic E-state index is -4.54. The number of rotatable bonds is 4. The van der Waals surface area contributed by atoms with E-state index in [-0.39, 0.29) is 30.4 Å². The Morgan fingerprint density at radius 3 is 2.28 bits per heavy atom. The summed E-state index contributed by atoms with van der Waals surface area (Å²) in [7, 11) is -0.286. The van der Waals surface area contributed by atoms with Gasteiger partial charge in [-0.15, -0.1) is 0 Å². The number of anilines is 1. The molecule has 11 heteroatoms. The van der Waals surface area contributed by atoms with Crippen LogP contribution in [0.4, 0.5) is 19.0 Å². The highest BCUT2D eigenvalue weighted by molar-refractivity contribution is 7.89. The van der Waals surface area contributed by atoms with E-state index in [0.29, 0.717) is 5.56 Å². The molecule has 32 heavy (non-hydrogen) atoms. The zero-order valence-electron chi connectivity index (χ0n) is 18.2. The van der Waals surface area contributed by atoms with E-state index in [0.717, 1.165) is 35.6 Å². The lowest BCUT2D eigenvalue weighted by Gasteiger charge is -2.39. The predicted molar refractivity (Wildman–Crippen MR) is 114 cm³/mol. The van der Waals surface area contributed by atoms with Gasteiger partial charge in [-0.2, -0.15) is 17.5 Å². The molecule has 7 nitrogen and oxygen atoms in total. The smallest absolute Gasteiger partial charge is 0.363 e. The zero-order valence-corrected chi connectivity index (χ0v) is 19.0. The monoisotopic (exact) mass is 470 g/mol. The van der Waals surface area contributed by atoms with Crippen LogP contribution in [0.1, 0.15) is 28.4 Å². The van der Waals surface area contributed by atoms with Crippen molar-refractivity contribution >= 4 is 21.7 Å². The molecule has 1 fully saturated rings. The van der Waals surface area contributed by atoms with Gasteiger partial charge in [-0.25, -0.2) is 13.4 Å². The third-order valence-electron chi connectivity index (χ3n) is 5.46. The predicted octanol–water partition coefficient (Wildman–Crippen LogP) is 3.01. The summed E-state index contributed by atoms with van der Waals surface area (Å²) in [5.41, 5.74) is 0.298. The van der Waals surface area contributed by atoms with E-state index in [9.17, 15) is 26.4 Å². The molecule has 0 N–H and O–H groups in total. The van der Waals surface area contributed by atoms with Crippen LogP contribution in [-0.2, 0) is 16.2 Å². The molecular formula is C21H25F3N4O3S. The Bertz CT molecular complexity index is 1100. The SMILES string of the molecule is Cc1cc(N(C)C)ncc1C(=O)N1CCN(S(=O)(=O)c2ccc(C(F)(F)F)cc2)C[C@@H]1C. The molecular weight excluding hydrogens is 445 g/mol. The van der Waals surface area contributed by atoms with Crippen LogP contribution in [0.2, 0.25) is 0 Å². The molecule has 1 saturated heterocycles. The van der Waals surface area contributed by atoms with Crippen molar-refractivity contribution in [2.75, 3.05) is 38.6 Å². The minimum absolute atomic E-state index is 0.0390. The molecule has 1 aliphatic heterocycles. The number of hydrogen-bond donors (Lipinski definition) is 0. The standard InChI is InChI=1S/C21H25F3N4O3S/c1-14-11-19(26(3)4)25-12-18(14)20(29)28-10-9-27(13-15(28)2)32(30,31)17-7-5-16(6-8-17)21(22,23)24/h5-8,11-12,15H,9-10,13H2,1-4H3/t15-/m0/s1. The first kappa shape index (κ1) is 24.0. The largest absolute Gasteiger partial charge is 0.416 e. The molecule has 3 rings (SSSR count). The zero-order chi connectivity index (χ0) is 23.8. The molecule has 1 aromatic carbocycles. The number of alkyl halides is 3. The lowest BCUT2D eigenvalue weighted by Crippen LogP contribution is -2.55. The number of pyridine rings is 1. The summed E-state index contributed by atoms with van der Waals surface area (Å²) in [6.07, 6.45) is -3.02. The van der Waals surface area contributed by atoms with Crippen LogP contribution in [0.3, 0.4) is 0 Å². The molecule has 0 aliphatic carbocycles. The van der Waals surface area contributed by atoms with Crippen LogP contribution in [0.5, 0.6) is 0 Å². The summed E-state index contributed by atoms with van der Waals surface area (Å²) in [6, 6.07) is 4.81. The van der Waals surface area contributed by atoms with Gasteiger partial charge in [0, 0.05) is 46.0 Å². The van der Waals surface area contributed by atoms with Crippen LogP contribution in [-0.4, -0.2) is 68.3 Å². The van der Waals surface area contributed by atoms with Gasteiger partial charge in [0.2, 0.25) is 10.0 Å². The Morgan fingerprint density at radius 2 is 1.78 bits per heavy atom. The quantitative estimate of drug-likeness (QED) is 0.687. The van der Waals surface area contributed by atoms with Gasteiger partial charge in [-0.1, -0.05) is 0 Å². The third kappa shape index (κ3) is 4.73. The molecule has 1 atom stereocenters. The first-order chi connectivity index (χ1) is 14.8. The number of halogens is 3. The van der Waals surface area contributed by atoms with E-state index in [1.165, 1.54) is 10.5 Å². The highest BCUT2D eigenvalue weighted by atomic mass is 32.2. The van der Waals surface area contributed by atoms with E-state index in [4.69, 9.17) is 0 Å². The van der Waals surface area contributed by atoms with Gasteiger partial charge < -0.3 is 9.80 Å². The lowest BCUT2D eigenvalue weighted by atomic mass is 10.1. The van der Waals surface area contributed by atoms with Crippen molar-refractivity contribution in [1.82, 2.24) is 14.2 Å². The molecule has 0 unspecified atom stereocenters. The van der Waals surface area contributed by atoms with E-state index < -0.39 is 27.8 Å². The number of carbonyl (C=O) groups is 1. The molecule has 0 saturated carbocycles. The molecule has 174 valence electrons. The molecule has 0 radical (unpaired) electrons. The summed E-state index contributed by atoms with van der Waals surface area (Å²) in [4.78, 5) is 20.6. The maximum absolute atomic E-state index is 13.1. The van der Waals surface area contributed by atoms with Crippen molar-refractivity contribution in [2.45, 2.75) is 31.0 Å². The summed E-state index contributed by atoms with van der Waals surface area (Å²) in [5, 5.41) is 0. The van der Waals surface area contributed by atoms with Gasteiger partial charge >= 0.3 is 6.18 Å². The van der Waals surface area contributed by atoms with E-state index >= 15 is 0 Å². The second-order valence-electron chi connectivity index (χ2n) is 7.98. The Morgan fingerprint density at radius 1 is 1.16 bits per heavy atom. The van der Waals surface area contributed by atoms with Gasteiger partial charge in [0.25, 0.3) is 5.91 Å². The van der Waals surface area contributed by atoms with Crippen molar-refractivity contribution in [2.24, 2.45) is 0 Å². The fourth-order valence-electron chi connectivity index (χ4n) is 3.57. The highest BCUT2D eigenvalue weighted by Crippen LogP contribution is 2.30. The normalized spacial score (nSPS) is 18.0. The van der Waals surface area contributed by atoms with E-state index in [2.05, 4.69) is 4.98 Å². The third-order valence-corrected chi connectivity index (χ3v) is 7.33. The summed E-state index contributed by atoms with van der Waals surface area (Å²) in [5.74, 6) is 0.485. The fraction of sp³-hybridized carbons (Fsp3) is 0.429. The number of hydrogen-bond acceptors (Lipinski definition) is 5. The van der Waals surface area contributed by atoms with Crippen molar-refractivity contribution in [3.05, 3.63) is 53.2 Å². The second kappa shape index (κ2) is 8.70. The molecule has 0 bridgehead atoms. The van der Waals surface area contributed by atoms with Gasteiger partial charge in [0.15, 0.2) is 0 Å². The van der Waals surface area contributed by atoms with Gasteiger partial charge in [-0.05, 0) is 49.7 Å². The topological polar surface area (TPSA) is 73.8 Å². The number of piperazine rings is 1. The first-order valence-electron chi connectivity index (χ1n) is 9.94. The first-order valence-corrected chi connectivity index (χ1v) is 11.4. The molecule has 0 spiro atoms. The second-order valence-corrected chi connectivity index (χ2v) is 9.92. The van der Waals surface area contributed by atoms with E-state index in [1.54, 1.807) is 11.8 Å². The molecule has 2 heterocycles. The summed E-state index contributed by atoms with van der Waals surface area (Å²) >= 11 is 0. The van der Waals surface area contributed by atoms with Crippen molar-refractivity contribution in [3.8, 4) is 0 Å². The van der Waals surface area contributed by atoms with Gasteiger partial charge in [0.05, 0.1) is 16.0 Å². The Labute approximate surface area is 185 Å². The number of amides is 1. The number of nitrogens with zero attached hydrogens (tertiary/aromatic N) is 4. The average molecular weight is 471 g/mol. The van der Waals surface area contributed by atoms with Crippen LogP contribution < -0.4 is 4.90 Å².